The molecule has 3 aromatic heterocycles. The molecule has 0 spiro atoms. The number of allylic oxidation sites excluding steroid dienone is 2. The van der Waals surface area contributed by atoms with Gasteiger partial charge in [0.05, 0.1) is 5.39 Å². The average molecular weight is 254 g/mol. The second kappa shape index (κ2) is 5.57. The molecule has 0 saturated heterocycles. The van der Waals surface area contributed by atoms with Crippen LogP contribution in [-0.4, -0.2) is 9.97 Å². The largest absolute Gasteiger partial charge is 0.438 e. The molecule has 0 fully saturated rings. The lowest BCUT2D eigenvalue weighted by molar-refractivity contribution is 0.654. The van der Waals surface area contributed by atoms with Gasteiger partial charge in [-0.05, 0) is 19.1 Å². The summed E-state index contributed by atoms with van der Waals surface area (Å²) in [4.78, 5) is 7.61. The molecule has 19 heavy (non-hydrogen) atoms. The summed E-state index contributed by atoms with van der Waals surface area (Å²) in [7, 11) is 0. The molecule has 98 valence electrons. The average Bonchev–Trinajstić information content (AvgIpc) is 2.94. The number of pyridine rings is 1. The summed E-state index contributed by atoms with van der Waals surface area (Å²) < 4.78 is 5.72. The summed E-state index contributed by atoms with van der Waals surface area (Å²) in [6.07, 6.45) is 7.47. The minimum absolute atomic E-state index is 0.778. The number of aromatic amines is 1. The van der Waals surface area contributed by atoms with Gasteiger partial charge in [-0.25, -0.2) is 0 Å². The molecule has 3 aromatic rings. The number of fused-ring (bicyclic) bond motifs is 3. The van der Waals surface area contributed by atoms with Crippen molar-refractivity contribution in [2.24, 2.45) is 0 Å². The smallest absolute Gasteiger partial charge is 0.208 e. The predicted molar refractivity (Wildman–Crippen MR) is 81.2 cm³/mol. The highest BCUT2D eigenvalue weighted by atomic mass is 16.3. The maximum absolute atomic E-state index is 5.72. The standard InChI is InChI=1S/C14H12N2O.C2H6/c1-3-4-6-10-9(2)16-14-12(10)13-11(17-14)7-5-8-15-13;1-2/h3-8,16H,1H2,2H3;1-2H3/b6-4-;. The third-order valence-corrected chi connectivity index (χ3v) is 2.82. The number of H-pyrrole nitrogens is 1. The zero-order valence-corrected chi connectivity index (χ0v) is 11.5. The van der Waals surface area contributed by atoms with Gasteiger partial charge < -0.3 is 9.40 Å². The van der Waals surface area contributed by atoms with Gasteiger partial charge in [-0.1, -0.05) is 38.7 Å². The van der Waals surface area contributed by atoms with E-state index in [-0.39, 0.29) is 0 Å². The monoisotopic (exact) mass is 254 g/mol. The Morgan fingerprint density at radius 1 is 1.37 bits per heavy atom. The van der Waals surface area contributed by atoms with E-state index < -0.39 is 0 Å². The zero-order chi connectivity index (χ0) is 13.8. The fraction of sp³-hybridized carbons (Fsp3) is 0.188. The second-order valence-electron chi connectivity index (χ2n) is 3.91. The SMILES string of the molecule is C=C/C=C\c1c(C)[nH]c2oc3cccnc3c12.CC. The highest BCUT2D eigenvalue weighted by Crippen LogP contribution is 2.32. The fourth-order valence-electron chi connectivity index (χ4n) is 2.06. The van der Waals surface area contributed by atoms with Crippen LogP contribution in [0.25, 0.3) is 28.3 Å². The molecule has 0 aliphatic carbocycles. The first-order valence-electron chi connectivity index (χ1n) is 6.46. The molecule has 0 radical (unpaired) electrons. The van der Waals surface area contributed by atoms with Crippen molar-refractivity contribution < 1.29 is 4.42 Å². The van der Waals surface area contributed by atoms with E-state index in [0.29, 0.717) is 0 Å². The van der Waals surface area contributed by atoms with E-state index in [1.807, 2.05) is 45.1 Å². The number of nitrogens with one attached hydrogen (secondary N) is 1. The third kappa shape index (κ3) is 2.19. The van der Waals surface area contributed by atoms with Gasteiger partial charge in [-0.15, -0.1) is 0 Å². The van der Waals surface area contributed by atoms with Crippen LogP contribution < -0.4 is 0 Å². The van der Waals surface area contributed by atoms with Crippen LogP contribution in [0.2, 0.25) is 0 Å². The summed E-state index contributed by atoms with van der Waals surface area (Å²) in [6.45, 7) is 9.70. The Labute approximate surface area is 112 Å². The molecule has 0 bridgehead atoms. The number of aryl methyl sites for hydroxylation is 1. The quantitative estimate of drug-likeness (QED) is 0.665. The van der Waals surface area contributed by atoms with Crippen LogP contribution in [0.3, 0.4) is 0 Å². The first-order valence-corrected chi connectivity index (χ1v) is 6.46. The van der Waals surface area contributed by atoms with Gasteiger partial charge in [-0.3, -0.25) is 4.98 Å². The van der Waals surface area contributed by atoms with Crippen LogP contribution in [0, 0.1) is 6.92 Å². The van der Waals surface area contributed by atoms with Crippen molar-refractivity contribution in [2.45, 2.75) is 20.8 Å². The van der Waals surface area contributed by atoms with E-state index in [9.17, 15) is 0 Å². The highest BCUT2D eigenvalue weighted by Gasteiger charge is 2.14. The van der Waals surface area contributed by atoms with Crippen LogP contribution >= 0.6 is 0 Å². The number of rotatable bonds is 2. The number of hydrogen-bond donors (Lipinski definition) is 1. The van der Waals surface area contributed by atoms with E-state index in [0.717, 1.165) is 33.5 Å². The van der Waals surface area contributed by atoms with Crippen LogP contribution in [0.1, 0.15) is 25.1 Å². The minimum atomic E-state index is 0.778. The van der Waals surface area contributed by atoms with E-state index in [1.165, 1.54) is 0 Å². The van der Waals surface area contributed by atoms with Gasteiger partial charge in [0.15, 0.2) is 5.58 Å². The molecule has 0 atom stereocenters. The Bertz CT molecular complexity index is 732. The van der Waals surface area contributed by atoms with Gasteiger partial charge >= 0.3 is 0 Å². The first kappa shape index (κ1) is 13.1. The lowest BCUT2D eigenvalue weighted by atomic mass is 10.1. The molecule has 3 heterocycles. The Morgan fingerprint density at radius 2 is 2.16 bits per heavy atom. The molecule has 3 heteroatoms. The summed E-state index contributed by atoms with van der Waals surface area (Å²) in [5.41, 5.74) is 4.67. The van der Waals surface area contributed by atoms with E-state index in [1.54, 1.807) is 12.3 Å². The highest BCUT2D eigenvalue weighted by molar-refractivity contribution is 6.06. The van der Waals surface area contributed by atoms with E-state index >= 15 is 0 Å². The van der Waals surface area contributed by atoms with Crippen molar-refractivity contribution >= 4 is 28.3 Å². The Morgan fingerprint density at radius 3 is 2.89 bits per heavy atom. The summed E-state index contributed by atoms with van der Waals surface area (Å²) >= 11 is 0. The molecular formula is C16H18N2O. The number of hydrogen-bond acceptors (Lipinski definition) is 2. The van der Waals surface area contributed by atoms with Crippen molar-refractivity contribution in [3.8, 4) is 0 Å². The molecule has 0 aliphatic rings. The first-order chi connectivity index (χ1) is 9.31. The molecular weight excluding hydrogens is 236 g/mol. The van der Waals surface area contributed by atoms with Crippen LogP contribution in [0.15, 0.2) is 41.5 Å². The number of aromatic nitrogens is 2. The van der Waals surface area contributed by atoms with Gasteiger partial charge in [0.2, 0.25) is 5.71 Å². The molecule has 0 aromatic carbocycles. The van der Waals surface area contributed by atoms with Crippen LogP contribution in [-0.2, 0) is 0 Å². The van der Waals surface area contributed by atoms with Gasteiger partial charge in [0.1, 0.15) is 5.52 Å². The Balaban J connectivity index is 0.000000637. The topological polar surface area (TPSA) is 41.8 Å². The molecule has 3 rings (SSSR count). The predicted octanol–water partition coefficient (Wildman–Crippen LogP) is 4.84. The van der Waals surface area contributed by atoms with Gasteiger partial charge in [0.25, 0.3) is 0 Å². The Hall–Kier alpha value is -2.29. The summed E-state index contributed by atoms with van der Waals surface area (Å²) in [5, 5.41) is 1.04. The normalized spacial score (nSPS) is 10.9. The second-order valence-corrected chi connectivity index (χ2v) is 3.91. The van der Waals surface area contributed by atoms with Crippen molar-refractivity contribution in [2.75, 3.05) is 0 Å². The molecule has 3 nitrogen and oxygen atoms in total. The van der Waals surface area contributed by atoms with Crippen molar-refractivity contribution in [3.63, 3.8) is 0 Å². The molecule has 0 saturated carbocycles. The van der Waals surface area contributed by atoms with Crippen LogP contribution in [0.4, 0.5) is 0 Å². The third-order valence-electron chi connectivity index (χ3n) is 2.82. The maximum atomic E-state index is 5.72. The summed E-state index contributed by atoms with van der Waals surface area (Å²) in [5.74, 6) is 0. The molecule has 1 N–H and O–H groups in total. The maximum Gasteiger partial charge on any atom is 0.208 e. The van der Waals surface area contributed by atoms with E-state index in [4.69, 9.17) is 4.42 Å². The lowest BCUT2D eigenvalue weighted by Crippen LogP contribution is -1.77. The number of nitrogens with zero attached hydrogens (tertiary/aromatic N) is 1. The summed E-state index contributed by atoms with van der Waals surface area (Å²) in [6, 6.07) is 3.79. The Kier molecular flexibility index (Phi) is 3.85. The zero-order valence-electron chi connectivity index (χ0n) is 11.5. The fourth-order valence-corrected chi connectivity index (χ4v) is 2.06. The van der Waals surface area contributed by atoms with Crippen LogP contribution in [0.5, 0.6) is 0 Å². The van der Waals surface area contributed by atoms with E-state index in [2.05, 4.69) is 16.5 Å². The number of furan rings is 1. The molecule has 0 aliphatic heterocycles. The molecule has 0 unspecified atom stereocenters. The molecule has 0 amide bonds. The lowest BCUT2D eigenvalue weighted by Gasteiger charge is -1.92. The van der Waals surface area contributed by atoms with Gasteiger partial charge in [-0.2, -0.15) is 0 Å². The minimum Gasteiger partial charge on any atom is -0.438 e. The van der Waals surface area contributed by atoms with Crippen molar-refractivity contribution in [3.05, 3.63) is 48.3 Å². The van der Waals surface area contributed by atoms with Crippen molar-refractivity contribution in [1.29, 1.82) is 0 Å². The van der Waals surface area contributed by atoms with Crippen molar-refractivity contribution in [1.82, 2.24) is 9.97 Å². The van der Waals surface area contributed by atoms with Gasteiger partial charge in [0, 0.05) is 17.5 Å².